The SMILES string of the molecule is CN1CCN(C(=O)Cc2cn(CN3C[C@@H]4C[C@@H](C3)c3cccc(=O)n3C4)c3ccccc23)CC1. The first-order chi connectivity index (χ1) is 16.5. The molecular formula is C27H33N5O2. The lowest BCUT2D eigenvalue weighted by Gasteiger charge is -2.42. The lowest BCUT2D eigenvalue weighted by Crippen LogP contribution is -2.47. The summed E-state index contributed by atoms with van der Waals surface area (Å²) in [6.45, 7) is 7.11. The average Bonchev–Trinajstić information content (AvgIpc) is 3.17. The van der Waals surface area contributed by atoms with Crippen LogP contribution in [-0.4, -0.2) is 76.1 Å². The Morgan fingerprint density at radius 2 is 1.79 bits per heavy atom. The van der Waals surface area contributed by atoms with E-state index in [2.05, 4.69) is 57.9 Å². The molecule has 1 aromatic carbocycles. The molecule has 2 aromatic heterocycles. The summed E-state index contributed by atoms with van der Waals surface area (Å²) in [7, 11) is 2.11. The highest BCUT2D eigenvalue weighted by Crippen LogP contribution is 2.35. The van der Waals surface area contributed by atoms with Crippen molar-refractivity contribution in [3.05, 3.63) is 70.3 Å². The molecule has 3 aliphatic rings. The number of benzene rings is 1. The molecule has 7 nitrogen and oxygen atoms in total. The number of hydrogen-bond acceptors (Lipinski definition) is 4. The van der Waals surface area contributed by atoms with Gasteiger partial charge in [0, 0.05) is 80.6 Å². The first kappa shape index (κ1) is 21.6. The molecule has 178 valence electrons. The van der Waals surface area contributed by atoms with Crippen LogP contribution in [-0.2, 0) is 24.4 Å². The topological polar surface area (TPSA) is 53.7 Å². The highest BCUT2D eigenvalue weighted by atomic mass is 16.2. The van der Waals surface area contributed by atoms with Crippen LogP contribution in [0.4, 0.5) is 0 Å². The van der Waals surface area contributed by atoms with E-state index in [0.717, 1.165) is 64.5 Å². The van der Waals surface area contributed by atoms with Crippen LogP contribution in [0.15, 0.2) is 53.5 Å². The van der Waals surface area contributed by atoms with E-state index in [4.69, 9.17) is 0 Å². The second-order valence-corrected chi connectivity index (χ2v) is 10.4. The molecule has 7 heteroatoms. The molecule has 6 rings (SSSR count). The van der Waals surface area contributed by atoms with E-state index < -0.39 is 0 Å². The van der Waals surface area contributed by atoms with Crippen LogP contribution in [0.25, 0.3) is 10.9 Å². The molecule has 2 bridgehead atoms. The first-order valence-corrected chi connectivity index (χ1v) is 12.5. The zero-order valence-electron chi connectivity index (χ0n) is 19.9. The maximum Gasteiger partial charge on any atom is 0.250 e. The molecule has 2 atom stereocenters. The van der Waals surface area contributed by atoms with Gasteiger partial charge in [0.1, 0.15) is 0 Å². The summed E-state index contributed by atoms with van der Waals surface area (Å²) in [4.78, 5) is 32.2. The fourth-order valence-electron chi connectivity index (χ4n) is 6.24. The number of amides is 1. The summed E-state index contributed by atoms with van der Waals surface area (Å²) in [5, 5.41) is 1.18. The van der Waals surface area contributed by atoms with Gasteiger partial charge in [-0.3, -0.25) is 14.5 Å². The molecule has 3 aliphatic heterocycles. The normalized spacial score (nSPS) is 23.3. The number of aromatic nitrogens is 2. The van der Waals surface area contributed by atoms with E-state index in [1.54, 1.807) is 6.07 Å². The van der Waals surface area contributed by atoms with Gasteiger partial charge in [-0.2, -0.15) is 0 Å². The molecule has 34 heavy (non-hydrogen) atoms. The van der Waals surface area contributed by atoms with E-state index in [-0.39, 0.29) is 11.5 Å². The zero-order valence-corrected chi connectivity index (χ0v) is 19.9. The van der Waals surface area contributed by atoms with E-state index in [1.807, 2.05) is 15.5 Å². The minimum atomic E-state index is 0.131. The summed E-state index contributed by atoms with van der Waals surface area (Å²) in [6, 6.07) is 14.2. The number of para-hydroxylation sites is 1. The largest absolute Gasteiger partial charge is 0.340 e. The Balaban J connectivity index is 1.22. The van der Waals surface area contributed by atoms with Crippen molar-refractivity contribution in [3.8, 4) is 0 Å². The van der Waals surface area contributed by atoms with Gasteiger partial charge in [0.05, 0.1) is 13.1 Å². The molecule has 0 aliphatic carbocycles. The third-order valence-corrected chi connectivity index (χ3v) is 7.98. The van der Waals surface area contributed by atoms with E-state index in [1.165, 1.54) is 16.6 Å². The van der Waals surface area contributed by atoms with Crippen LogP contribution >= 0.6 is 0 Å². The average molecular weight is 460 g/mol. The van der Waals surface area contributed by atoms with Crippen molar-refractivity contribution in [3.63, 3.8) is 0 Å². The highest BCUT2D eigenvalue weighted by molar-refractivity contribution is 5.89. The van der Waals surface area contributed by atoms with Gasteiger partial charge in [0.25, 0.3) is 5.56 Å². The number of piperazine rings is 1. The van der Waals surface area contributed by atoms with Crippen LogP contribution in [0.2, 0.25) is 0 Å². The molecule has 0 radical (unpaired) electrons. The van der Waals surface area contributed by atoms with Gasteiger partial charge in [-0.15, -0.1) is 0 Å². The molecular weight excluding hydrogens is 426 g/mol. The van der Waals surface area contributed by atoms with Crippen LogP contribution in [0.5, 0.6) is 0 Å². The summed E-state index contributed by atoms with van der Waals surface area (Å²) >= 11 is 0. The fourth-order valence-corrected chi connectivity index (χ4v) is 6.24. The number of fused-ring (bicyclic) bond motifs is 5. The molecule has 5 heterocycles. The summed E-state index contributed by atoms with van der Waals surface area (Å²) < 4.78 is 4.31. The number of hydrogen-bond donors (Lipinski definition) is 0. The minimum absolute atomic E-state index is 0.131. The second-order valence-electron chi connectivity index (χ2n) is 10.4. The number of piperidine rings is 1. The van der Waals surface area contributed by atoms with Crippen molar-refractivity contribution in [2.75, 3.05) is 46.3 Å². The quantitative estimate of drug-likeness (QED) is 0.600. The Labute approximate surface area is 200 Å². The van der Waals surface area contributed by atoms with Crippen molar-refractivity contribution in [1.82, 2.24) is 23.8 Å². The minimum Gasteiger partial charge on any atom is -0.340 e. The van der Waals surface area contributed by atoms with Gasteiger partial charge in [0.15, 0.2) is 0 Å². The molecule has 0 saturated carbocycles. The van der Waals surface area contributed by atoms with Crippen LogP contribution in [0, 0.1) is 5.92 Å². The first-order valence-electron chi connectivity index (χ1n) is 12.5. The number of carbonyl (C=O) groups excluding carboxylic acids is 1. The maximum absolute atomic E-state index is 13.1. The third-order valence-electron chi connectivity index (χ3n) is 7.98. The molecule has 0 spiro atoms. The van der Waals surface area contributed by atoms with Crippen molar-refractivity contribution in [2.24, 2.45) is 5.92 Å². The number of pyridine rings is 1. The zero-order chi connectivity index (χ0) is 23.2. The Hall–Kier alpha value is -2.90. The van der Waals surface area contributed by atoms with Crippen LogP contribution in [0.3, 0.4) is 0 Å². The van der Waals surface area contributed by atoms with Gasteiger partial charge < -0.3 is 18.9 Å². The lowest BCUT2D eigenvalue weighted by molar-refractivity contribution is -0.132. The Kier molecular flexibility index (Phi) is 5.54. The molecule has 0 N–H and O–H groups in total. The summed E-state index contributed by atoms with van der Waals surface area (Å²) in [6.07, 6.45) is 3.82. The van der Waals surface area contributed by atoms with Crippen molar-refractivity contribution in [2.45, 2.75) is 32.0 Å². The Morgan fingerprint density at radius 1 is 0.971 bits per heavy atom. The monoisotopic (exact) mass is 459 g/mol. The Morgan fingerprint density at radius 3 is 2.65 bits per heavy atom. The van der Waals surface area contributed by atoms with Gasteiger partial charge in [0.2, 0.25) is 5.91 Å². The number of likely N-dealkylation sites (tertiary alicyclic amines) is 1. The number of rotatable bonds is 4. The standard InChI is InChI=1S/C27H33N5O2/c1-28-9-11-30(12-10-28)27(34)14-21-18-31(25-6-3-2-5-23(21)25)19-29-15-20-13-22(17-29)24-7-4-8-26(33)32(24)16-20/h2-8,18,20,22H,9-17,19H2,1H3/t20-,22-/m0/s1. The summed E-state index contributed by atoms with van der Waals surface area (Å²) in [5.74, 6) is 1.14. The fraction of sp³-hybridized carbons (Fsp3) is 0.481. The maximum atomic E-state index is 13.1. The Bertz CT molecular complexity index is 1270. The van der Waals surface area contributed by atoms with Gasteiger partial charge in [-0.1, -0.05) is 24.3 Å². The van der Waals surface area contributed by atoms with Crippen molar-refractivity contribution < 1.29 is 4.79 Å². The number of likely N-dealkylation sites (N-methyl/N-ethyl adjacent to an activating group) is 1. The van der Waals surface area contributed by atoms with E-state index in [0.29, 0.717) is 18.3 Å². The molecule has 1 amide bonds. The van der Waals surface area contributed by atoms with Gasteiger partial charge in [-0.05, 0) is 37.1 Å². The van der Waals surface area contributed by atoms with Crippen molar-refractivity contribution in [1.29, 1.82) is 0 Å². The molecule has 2 saturated heterocycles. The van der Waals surface area contributed by atoms with E-state index >= 15 is 0 Å². The number of nitrogens with zero attached hydrogens (tertiary/aromatic N) is 5. The van der Waals surface area contributed by atoms with Crippen LogP contribution < -0.4 is 5.56 Å². The molecule has 3 aromatic rings. The highest BCUT2D eigenvalue weighted by Gasteiger charge is 2.34. The smallest absolute Gasteiger partial charge is 0.250 e. The number of carbonyl (C=O) groups is 1. The predicted octanol–water partition coefficient (Wildman–Crippen LogP) is 2.20. The molecule has 0 unspecified atom stereocenters. The van der Waals surface area contributed by atoms with Gasteiger partial charge in [-0.25, -0.2) is 0 Å². The second kappa shape index (κ2) is 8.71. The molecule has 2 fully saturated rings. The van der Waals surface area contributed by atoms with Crippen LogP contribution in [0.1, 0.15) is 23.6 Å². The predicted molar refractivity (Wildman–Crippen MR) is 133 cm³/mol. The van der Waals surface area contributed by atoms with Gasteiger partial charge >= 0.3 is 0 Å². The lowest BCUT2D eigenvalue weighted by atomic mass is 9.83. The van der Waals surface area contributed by atoms with E-state index in [9.17, 15) is 9.59 Å². The third kappa shape index (κ3) is 3.97. The van der Waals surface area contributed by atoms with Crippen molar-refractivity contribution >= 4 is 16.8 Å². The summed E-state index contributed by atoms with van der Waals surface area (Å²) in [5.41, 5.74) is 3.63.